The molecule has 0 bridgehead atoms. The highest BCUT2D eigenvalue weighted by Crippen LogP contribution is 2.39. The van der Waals surface area contributed by atoms with Gasteiger partial charge in [-0.3, -0.25) is 4.79 Å². The molecule has 3 nitrogen and oxygen atoms in total. The van der Waals surface area contributed by atoms with Crippen LogP contribution >= 0.6 is 9.24 Å². The average Bonchev–Trinajstić information content (AvgIpc) is 3.07. The van der Waals surface area contributed by atoms with Gasteiger partial charge in [0.2, 0.25) is 5.91 Å². The quantitative estimate of drug-likeness (QED) is 0.386. The average molecular weight is 525 g/mol. The van der Waals surface area contributed by atoms with Crippen molar-refractivity contribution >= 4 is 20.5 Å². The van der Waals surface area contributed by atoms with Gasteiger partial charge in [-0.25, -0.2) is 4.39 Å². The predicted octanol–water partition coefficient (Wildman–Crippen LogP) is 6.78. The van der Waals surface area contributed by atoms with Crippen molar-refractivity contribution in [2.24, 2.45) is 0 Å². The van der Waals surface area contributed by atoms with E-state index in [4.69, 9.17) is 0 Å². The standard InChI is InChI=1S/C32H46FN2OP/c1-31(2,3)25-11-10-12-26(22-25)32(15-7-5-8-16-32)34-17-14-28(35-18-9-4-6-13-30(35)36)20-24-19-27(33)23-29(37)21-24/h10-12,19,21-23,28,34H,4-9,13-18,20,37H2,1-3H3/t28-/m1/s1. The lowest BCUT2D eigenvalue weighted by Crippen LogP contribution is -2.48. The van der Waals surface area contributed by atoms with Gasteiger partial charge in [-0.15, -0.1) is 9.24 Å². The molecule has 4 rings (SSSR count). The number of nitrogens with one attached hydrogen (secondary N) is 1. The molecule has 0 aromatic heterocycles. The summed E-state index contributed by atoms with van der Waals surface area (Å²) < 4.78 is 14.2. The van der Waals surface area contributed by atoms with Crippen molar-refractivity contribution in [2.75, 3.05) is 13.1 Å². The first-order valence-electron chi connectivity index (χ1n) is 14.4. The highest BCUT2D eigenvalue weighted by Gasteiger charge is 2.35. The first kappa shape index (κ1) is 28.2. The van der Waals surface area contributed by atoms with Crippen molar-refractivity contribution in [1.82, 2.24) is 10.2 Å². The maximum absolute atomic E-state index is 14.2. The Labute approximate surface area is 226 Å². The van der Waals surface area contributed by atoms with Crippen LogP contribution in [0.3, 0.4) is 0 Å². The van der Waals surface area contributed by atoms with Gasteiger partial charge < -0.3 is 10.2 Å². The Morgan fingerprint density at radius 3 is 2.51 bits per heavy atom. The molecule has 1 saturated carbocycles. The third kappa shape index (κ3) is 7.42. The van der Waals surface area contributed by atoms with Crippen molar-refractivity contribution in [3.63, 3.8) is 0 Å². The Morgan fingerprint density at radius 2 is 1.78 bits per heavy atom. The van der Waals surface area contributed by atoms with Gasteiger partial charge in [-0.05, 0) is 84.6 Å². The van der Waals surface area contributed by atoms with Crippen LogP contribution in [-0.4, -0.2) is 29.9 Å². The van der Waals surface area contributed by atoms with Gasteiger partial charge in [0.05, 0.1) is 0 Å². The second kappa shape index (κ2) is 12.4. The van der Waals surface area contributed by atoms with Crippen molar-refractivity contribution in [2.45, 2.75) is 108 Å². The van der Waals surface area contributed by atoms with Crippen LogP contribution in [0, 0.1) is 5.82 Å². The van der Waals surface area contributed by atoms with Crippen molar-refractivity contribution < 1.29 is 9.18 Å². The van der Waals surface area contributed by atoms with E-state index >= 15 is 0 Å². The van der Waals surface area contributed by atoms with E-state index in [-0.39, 0.29) is 28.7 Å². The predicted molar refractivity (Wildman–Crippen MR) is 156 cm³/mol. The number of hydrogen-bond acceptors (Lipinski definition) is 2. The van der Waals surface area contributed by atoms with Gasteiger partial charge in [-0.2, -0.15) is 0 Å². The Bertz CT molecular complexity index is 1040. The Morgan fingerprint density at radius 1 is 1.03 bits per heavy atom. The molecule has 1 N–H and O–H groups in total. The van der Waals surface area contributed by atoms with E-state index in [9.17, 15) is 9.18 Å². The van der Waals surface area contributed by atoms with Crippen molar-refractivity contribution in [3.05, 3.63) is 65.0 Å². The van der Waals surface area contributed by atoms with Crippen LogP contribution in [0.2, 0.25) is 0 Å². The number of nitrogens with zero attached hydrogens (tertiary/aromatic N) is 1. The second-order valence-electron chi connectivity index (χ2n) is 12.3. The van der Waals surface area contributed by atoms with Crippen LogP contribution < -0.4 is 10.6 Å². The second-order valence-corrected chi connectivity index (χ2v) is 13.0. The summed E-state index contributed by atoms with van der Waals surface area (Å²) in [6, 6.07) is 14.5. The molecule has 0 radical (unpaired) electrons. The van der Waals surface area contributed by atoms with E-state index in [1.165, 1.54) is 30.4 Å². The van der Waals surface area contributed by atoms with E-state index in [0.29, 0.717) is 12.8 Å². The topological polar surface area (TPSA) is 32.3 Å². The highest BCUT2D eigenvalue weighted by atomic mass is 31.0. The van der Waals surface area contributed by atoms with Crippen LogP contribution in [0.25, 0.3) is 0 Å². The molecule has 37 heavy (non-hydrogen) atoms. The third-order valence-corrected chi connectivity index (χ3v) is 8.76. The Kier molecular flexibility index (Phi) is 9.46. The number of carbonyl (C=O) groups excluding carboxylic acids is 1. The number of rotatable bonds is 8. The molecule has 5 heteroatoms. The van der Waals surface area contributed by atoms with Crippen molar-refractivity contribution in [3.8, 4) is 0 Å². The minimum atomic E-state index is -0.207. The van der Waals surface area contributed by atoms with E-state index < -0.39 is 0 Å². The molecule has 1 saturated heterocycles. The van der Waals surface area contributed by atoms with E-state index in [0.717, 1.165) is 62.5 Å². The first-order chi connectivity index (χ1) is 17.7. The van der Waals surface area contributed by atoms with Crippen LogP contribution in [-0.2, 0) is 22.2 Å². The van der Waals surface area contributed by atoms with Gasteiger partial charge >= 0.3 is 0 Å². The number of amides is 1. The fraction of sp³-hybridized carbons (Fsp3) is 0.594. The molecular formula is C32H46FN2OP. The summed E-state index contributed by atoms with van der Waals surface area (Å²) in [4.78, 5) is 15.2. The summed E-state index contributed by atoms with van der Waals surface area (Å²) in [7, 11) is 2.61. The lowest BCUT2D eigenvalue weighted by molar-refractivity contribution is -0.133. The third-order valence-electron chi connectivity index (χ3n) is 8.43. The van der Waals surface area contributed by atoms with Crippen LogP contribution in [0.15, 0.2) is 42.5 Å². The molecule has 2 fully saturated rings. The first-order valence-corrected chi connectivity index (χ1v) is 14.9. The molecular weight excluding hydrogens is 478 g/mol. The SMILES string of the molecule is CC(C)(C)c1cccc(C2(NCC[C@H](Cc3cc(F)cc(P)c3)N3CCCCCC3=O)CCCCC2)c1. The van der Waals surface area contributed by atoms with Gasteiger partial charge in [0.15, 0.2) is 0 Å². The zero-order valence-electron chi connectivity index (χ0n) is 23.1. The maximum Gasteiger partial charge on any atom is 0.222 e. The van der Waals surface area contributed by atoms with Gasteiger partial charge in [-0.1, -0.05) is 76.8 Å². The van der Waals surface area contributed by atoms with Crippen LogP contribution in [0.5, 0.6) is 0 Å². The number of benzene rings is 2. The van der Waals surface area contributed by atoms with Crippen LogP contribution in [0.4, 0.5) is 4.39 Å². The molecule has 1 aliphatic heterocycles. The van der Waals surface area contributed by atoms with E-state index in [1.807, 2.05) is 6.07 Å². The number of hydrogen-bond donors (Lipinski definition) is 1. The largest absolute Gasteiger partial charge is 0.339 e. The van der Waals surface area contributed by atoms with Crippen LogP contribution in [0.1, 0.15) is 102 Å². The van der Waals surface area contributed by atoms with Gasteiger partial charge in [0, 0.05) is 24.5 Å². The summed E-state index contributed by atoms with van der Waals surface area (Å²) in [5, 5.41) is 4.88. The molecule has 1 heterocycles. The molecule has 2 atom stereocenters. The number of likely N-dealkylation sites (tertiary alicyclic amines) is 1. The summed E-state index contributed by atoms with van der Waals surface area (Å²) in [5.74, 6) is 0.0525. The molecule has 0 spiro atoms. The van der Waals surface area contributed by atoms with Crippen molar-refractivity contribution in [1.29, 1.82) is 0 Å². The molecule has 2 aromatic rings. The highest BCUT2D eigenvalue weighted by molar-refractivity contribution is 7.27. The maximum atomic E-state index is 14.2. The fourth-order valence-corrected chi connectivity index (χ4v) is 6.68. The number of carbonyl (C=O) groups is 1. The molecule has 2 aliphatic rings. The normalized spacial score (nSPS) is 19.5. The molecule has 1 amide bonds. The molecule has 1 aliphatic carbocycles. The van der Waals surface area contributed by atoms with Gasteiger partial charge in [0.25, 0.3) is 0 Å². The molecule has 202 valence electrons. The Balaban J connectivity index is 1.55. The summed E-state index contributed by atoms with van der Waals surface area (Å²) >= 11 is 0. The zero-order valence-corrected chi connectivity index (χ0v) is 24.3. The minimum Gasteiger partial charge on any atom is -0.339 e. The van der Waals surface area contributed by atoms with E-state index in [1.54, 1.807) is 12.1 Å². The molecule has 1 unspecified atom stereocenters. The summed E-state index contributed by atoms with van der Waals surface area (Å²) in [6.45, 7) is 8.50. The van der Waals surface area contributed by atoms with E-state index in [2.05, 4.69) is 64.5 Å². The lowest BCUT2D eigenvalue weighted by Gasteiger charge is -2.41. The smallest absolute Gasteiger partial charge is 0.222 e. The molecule has 2 aromatic carbocycles. The Hall–Kier alpha value is -1.77. The van der Waals surface area contributed by atoms with Gasteiger partial charge in [0.1, 0.15) is 5.82 Å². The summed E-state index contributed by atoms with van der Waals surface area (Å²) in [5.41, 5.74) is 3.85. The fourth-order valence-electron chi connectivity index (χ4n) is 6.31. The number of halogens is 1. The lowest BCUT2D eigenvalue weighted by atomic mass is 9.74. The zero-order chi connectivity index (χ0) is 26.5. The monoisotopic (exact) mass is 524 g/mol. The minimum absolute atomic E-state index is 0.0149. The summed E-state index contributed by atoms with van der Waals surface area (Å²) in [6.07, 6.45) is 11.4.